The number of benzene rings is 2. The quantitative estimate of drug-likeness (QED) is 0.800. The first-order valence-corrected chi connectivity index (χ1v) is 9.01. The van der Waals surface area contributed by atoms with Crippen LogP contribution in [0.4, 0.5) is 5.69 Å². The van der Waals surface area contributed by atoms with Gasteiger partial charge in [-0.25, -0.2) is 0 Å². The molecule has 5 nitrogen and oxygen atoms in total. The van der Waals surface area contributed by atoms with Crippen LogP contribution in [0.3, 0.4) is 0 Å². The lowest BCUT2D eigenvalue weighted by molar-refractivity contribution is -0.112. The Balaban J connectivity index is 2.00. The molecule has 0 radical (unpaired) electrons. The first-order chi connectivity index (χ1) is 12.7. The first kappa shape index (κ1) is 16.8. The van der Waals surface area contributed by atoms with E-state index in [9.17, 15) is 4.79 Å². The third-order valence-electron chi connectivity index (χ3n) is 5.39. The number of likely N-dealkylation sites (N-methyl/N-ethyl adjacent to an activating group) is 2. The van der Waals surface area contributed by atoms with Gasteiger partial charge in [-0.2, -0.15) is 0 Å². The monoisotopic (exact) mass is 349 g/mol. The van der Waals surface area contributed by atoms with Gasteiger partial charge in [0.25, 0.3) is 5.91 Å². The van der Waals surface area contributed by atoms with Crippen LogP contribution in [-0.4, -0.2) is 43.8 Å². The first-order valence-electron chi connectivity index (χ1n) is 9.01. The second kappa shape index (κ2) is 6.57. The molecule has 0 fully saturated rings. The normalized spacial score (nSPS) is 18.2. The molecule has 0 spiro atoms. The maximum absolute atomic E-state index is 12.7. The summed E-state index contributed by atoms with van der Waals surface area (Å²) in [6, 6.07) is 12.5. The summed E-state index contributed by atoms with van der Waals surface area (Å²) in [6.07, 6.45) is 0.986. The van der Waals surface area contributed by atoms with Crippen LogP contribution in [0.1, 0.15) is 23.6 Å². The predicted molar refractivity (Wildman–Crippen MR) is 103 cm³/mol. The molecule has 0 aromatic heterocycles. The number of hydrogen-bond donors (Lipinski definition) is 0. The van der Waals surface area contributed by atoms with Gasteiger partial charge in [-0.1, -0.05) is 42.4 Å². The number of amides is 1. The fourth-order valence-electron chi connectivity index (χ4n) is 4.06. The van der Waals surface area contributed by atoms with Crippen LogP contribution < -0.4 is 4.90 Å². The average Bonchev–Trinajstić information content (AvgIpc) is 2.92. The molecule has 0 saturated carbocycles. The fraction of sp³-hybridized carbons (Fsp3) is 0.333. The van der Waals surface area contributed by atoms with Crippen molar-refractivity contribution in [3.8, 4) is 11.1 Å². The molecule has 0 N–H and O–H groups in total. The molecular weight excluding hydrogens is 326 g/mol. The molecular formula is C21H23N3O2. The van der Waals surface area contributed by atoms with Gasteiger partial charge in [0.15, 0.2) is 5.71 Å². The van der Waals surface area contributed by atoms with Crippen molar-refractivity contribution in [2.75, 3.05) is 32.1 Å². The zero-order chi connectivity index (χ0) is 18.3. The highest BCUT2D eigenvalue weighted by atomic mass is 16.6. The largest absolute Gasteiger partial charge is 0.398 e. The summed E-state index contributed by atoms with van der Waals surface area (Å²) in [7, 11) is 3.31. The topological polar surface area (TPSA) is 45.1 Å². The number of oxime groups is 1. The number of carbonyl (C=O) groups is 1. The average molecular weight is 349 g/mol. The molecule has 2 aromatic carbocycles. The molecule has 2 aliphatic rings. The van der Waals surface area contributed by atoms with Gasteiger partial charge in [-0.15, -0.1) is 0 Å². The Labute approximate surface area is 153 Å². The Hall–Kier alpha value is -2.66. The molecule has 0 bridgehead atoms. The Kier molecular flexibility index (Phi) is 4.24. The molecule has 2 aromatic rings. The molecule has 0 aliphatic carbocycles. The van der Waals surface area contributed by atoms with E-state index in [-0.39, 0.29) is 5.91 Å². The van der Waals surface area contributed by atoms with Crippen molar-refractivity contribution in [2.45, 2.75) is 19.9 Å². The minimum absolute atomic E-state index is 0.108. The van der Waals surface area contributed by atoms with Crippen molar-refractivity contribution in [2.24, 2.45) is 5.16 Å². The van der Waals surface area contributed by atoms with Gasteiger partial charge in [0.05, 0.1) is 5.69 Å². The van der Waals surface area contributed by atoms with E-state index in [0.717, 1.165) is 37.3 Å². The second-order valence-corrected chi connectivity index (χ2v) is 6.75. The number of anilines is 1. The third-order valence-corrected chi connectivity index (χ3v) is 5.39. The third kappa shape index (κ3) is 2.51. The van der Waals surface area contributed by atoms with Gasteiger partial charge in [-0.05, 0) is 41.3 Å². The molecule has 2 heterocycles. The van der Waals surface area contributed by atoms with Crippen molar-refractivity contribution >= 4 is 17.3 Å². The smallest absolute Gasteiger partial charge is 0.280 e. The second-order valence-electron chi connectivity index (χ2n) is 6.75. The van der Waals surface area contributed by atoms with Gasteiger partial charge in [-0.3, -0.25) is 9.69 Å². The van der Waals surface area contributed by atoms with E-state index in [4.69, 9.17) is 4.84 Å². The molecule has 26 heavy (non-hydrogen) atoms. The van der Waals surface area contributed by atoms with Gasteiger partial charge in [0.2, 0.25) is 0 Å². The summed E-state index contributed by atoms with van der Waals surface area (Å²) in [5, 5.41) is 4.03. The standard InChI is InChI=1S/C21H23N3O2/c1-4-24-11-10-15-16(14-8-6-5-7-9-14)12-17-19(22-26-3)21(25)23(2)20(17)18(15)13-24/h5-9,12H,4,10-11,13H2,1-3H3. The van der Waals surface area contributed by atoms with Crippen LogP contribution in [0.2, 0.25) is 0 Å². The summed E-state index contributed by atoms with van der Waals surface area (Å²) in [5.74, 6) is -0.108. The number of nitrogens with zero attached hydrogens (tertiary/aromatic N) is 3. The number of carbonyl (C=O) groups excluding carboxylic acids is 1. The minimum Gasteiger partial charge on any atom is -0.398 e. The van der Waals surface area contributed by atoms with Crippen LogP contribution in [0, 0.1) is 0 Å². The SMILES string of the molecule is CCN1CCc2c(-c3ccccc3)cc3c(c2C1)N(C)C(=O)C3=NOC. The van der Waals surface area contributed by atoms with Crippen LogP contribution in [0.15, 0.2) is 41.6 Å². The summed E-state index contributed by atoms with van der Waals surface area (Å²) in [4.78, 5) is 21.8. The van der Waals surface area contributed by atoms with Gasteiger partial charge in [0, 0.05) is 25.7 Å². The Morgan fingerprint density at radius 3 is 2.62 bits per heavy atom. The Bertz CT molecular complexity index is 890. The zero-order valence-corrected chi connectivity index (χ0v) is 15.5. The van der Waals surface area contributed by atoms with E-state index in [1.54, 1.807) is 4.90 Å². The molecule has 5 heteroatoms. The highest BCUT2D eigenvalue weighted by Crippen LogP contribution is 2.42. The minimum atomic E-state index is -0.108. The Morgan fingerprint density at radius 1 is 1.15 bits per heavy atom. The van der Waals surface area contributed by atoms with Crippen molar-refractivity contribution < 1.29 is 9.63 Å². The maximum Gasteiger partial charge on any atom is 0.280 e. The van der Waals surface area contributed by atoms with Crippen molar-refractivity contribution in [3.63, 3.8) is 0 Å². The maximum atomic E-state index is 12.7. The van der Waals surface area contributed by atoms with Gasteiger partial charge < -0.3 is 9.74 Å². The number of fused-ring (bicyclic) bond motifs is 3. The highest BCUT2D eigenvalue weighted by Gasteiger charge is 2.37. The summed E-state index contributed by atoms with van der Waals surface area (Å²) < 4.78 is 0. The summed E-state index contributed by atoms with van der Waals surface area (Å²) in [5.41, 5.74) is 7.20. The van der Waals surface area contributed by atoms with Crippen LogP contribution in [-0.2, 0) is 22.6 Å². The predicted octanol–water partition coefficient (Wildman–Crippen LogP) is 3.06. The van der Waals surface area contributed by atoms with E-state index in [1.807, 2.05) is 13.1 Å². The molecule has 4 rings (SSSR count). The van der Waals surface area contributed by atoms with E-state index in [2.05, 4.69) is 47.3 Å². The zero-order valence-electron chi connectivity index (χ0n) is 15.5. The highest BCUT2D eigenvalue weighted by molar-refractivity contribution is 6.54. The van der Waals surface area contributed by atoms with E-state index >= 15 is 0 Å². The molecule has 0 atom stereocenters. The molecule has 134 valence electrons. The van der Waals surface area contributed by atoms with E-state index < -0.39 is 0 Å². The van der Waals surface area contributed by atoms with E-state index in [1.165, 1.54) is 29.4 Å². The van der Waals surface area contributed by atoms with Crippen LogP contribution >= 0.6 is 0 Å². The van der Waals surface area contributed by atoms with Crippen molar-refractivity contribution in [3.05, 3.63) is 53.1 Å². The summed E-state index contributed by atoms with van der Waals surface area (Å²) >= 11 is 0. The lowest BCUT2D eigenvalue weighted by atomic mass is 9.87. The number of rotatable bonds is 3. The fourth-order valence-corrected chi connectivity index (χ4v) is 4.06. The number of hydrogen-bond acceptors (Lipinski definition) is 4. The van der Waals surface area contributed by atoms with Crippen molar-refractivity contribution in [1.29, 1.82) is 0 Å². The lowest BCUT2D eigenvalue weighted by Gasteiger charge is -2.32. The van der Waals surface area contributed by atoms with Crippen LogP contribution in [0.25, 0.3) is 11.1 Å². The molecule has 1 amide bonds. The van der Waals surface area contributed by atoms with Crippen molar-refractivity contribution in [1.82, 2.24) is 4.90 Å². The molecule has 2 aliphatic heterocycles. The lowest BCUT2D eigenvalue weighted by Crippen LogP contribution is -2.32. The Morgan fingerprint density at radius 2 is 1.92 bits per heavy atom. The molecule has 0 unspecified atom stereocenters. The van der Waals surface area contributed by atoms with Gasteiger partial charge >= 0.3 is 0 Å². The van der Waals surface area contributed by atoms with E-state index in [0.29, 0.717) is 5.71 Å². The molecule has 0 saturated heterocycles. The van der Waals surface area contributed by atoms with Gasteiger partial charge in [0.1, 0.15) is 7.11 Å². The van der Waals surface area contributed by atoms with Crippen LogP contribution in [0.5, 0.6) is 0 Å². The summed E-state index contributed by atoms with van der Waals surface area (Å²) in [6.45, 7) is 5.07.